The van der Waals surface area contributed by atoms with Crippen molar-refractivity contribution in [3.05, 3.63) is 17.0 Å². The van der Waals surface area contributed by atoms with Crippen LogP contribution in [0.4, 0.5) is 5.82 Å². The van der Waals surface area contributed by atoms with E-state index in [4.69, 9.17) is 11.6 Å². The predicted octanol–water partition coefficient (Wildman–Crippen LogP) is 4.03. The van der Waals surface area contributed by atoms with Crippen LogP contribution in [-0.4, -0.2) is 16.0 Å². The van der Waals surface area contributed by atoms with E-state index in [1.807, 2.05) is 0 Å². The Labute approximate surface area is 109 Å². The molecule has 0 unspecified atom stereocenters. The first-order valence-electron chi connectivity index (χ1n) is 6.18. The molecule has 0 fully saturated rings. The van der Waals surface area contributed by atoms with Gasteiger partial charge in [0.05, 0.1) is 0 Å². The highest BCUT2D eigenvalue weighted by Gasteiger charge is 2.19. The van der Waals surface area contributed by atoms with Crippen LogP contribution in [0.3, 0.4) is 0 Å². The molecule has 0 aromatic carbocycles. The third-order valence-corrected chi connectivity index (χ3v) is 2.90. The lowest BCUT2D eigenvalue weighted by atomic mass is 9.96. The van der Waals surface area contributed by atoms with Crippen molar-refractivity contribution in [2.45, 2.75) is 58.9 Å². The zero-order valence-electron chi connectivity index (χ0n) is 11.3. The van der Waals surface area contributed by atoms with Gasteiger partial charge in [-0.05, 0) is 12.8 Å². The molecule has 4 heteroatoms. The van der Waals surface area contributed by atoms with E-state index >= 15 is 0 Å². The average molecular weight is 256 g/mol. The monoisotopic (exact) mass is 255 g/mol. The number of aromatic nitrogens is 2. The van der Waals surface area contributed by atoms with Crippen LogP contribution in [0, 0.1) is 0 Å². The fourth-order valence-corrected chi connectivity index (χ4v) is 1.71. The van der Waals surface area contributed by atoms with Crippen LogP contribution in [-0.2, 0) is 5.41 Å². The van der Waals surface area contributed by atoms with E-state index in [0.717, 1.165) is 24.5 Å². The Morgan fingerprint density at radius 1 is 1.24 bits per heavy atom. The van der Waals surface area contributed by atoms with Crippen molar-refractivity contribution in [3.63, 3.8) is 0 Å². The molecule has 1 aromatic rings. The Bertz CT molecular complexity index is 367. The molecule has 17 heavy (non-hydrogen) atoms. The second-order valence-electron chi connectivity index (χ2n) is 5.31. The topological polar surface area (TPSA) is 37.8 Å². The second-order valence-corrected chi connectivity index (χ2v) is 5.69. The minimum absolute atomic E-state index is 0.0880. The normalized spacial score (nSPS) is 11.9. The highest BCUT2D eigenvalue weighted by molar-refractivity contribution is 6.29. The summed E-state index contributed by atoms with van der Waals surface area (Å²) >= 11 is 6.03. The molecule has 0 aliphatic carbocycles. The van der Waals surface area contributed by atoms with Crippen LogP contribution in [0.1, 0.15) is 53.3 Å². The summed E-state index contributed by atoms with van der Waals surface area (Å²) in [7, 11) is 0. The maximum absolute atomic E-state index is 6.03. The van der Waals surface area contributed by atoms with Gasteiger partial charge in [0.1, 0.15) is 16.8 Å². The van der Waals surface area contributed by atoms with Crippen molar-refractivity contribution in [1.29, 1.82) is 0 Å². The van der Waals surface area contributed by atoms with E-state index in [0.29, 0.717) is 11.2 Å². The molecule has 0 atom stereocenters. The van der Waals surface area contributed by atoms with Crippen LogP contribution in [0.25, 0.3) is 0 Å². The van der Waals surface area contributed by atoms with E-state index in [-0.39, 0.29) is 5.41 Å². The first-order chi connectivity index (χ1) is 7.86. The quantitative estimate of drug-likeness (QED) is 0.826. The lowest BCUT2D eigenvalue weighted by molar-refractivity contribution is 0.544. The Kier molecular flexibility index (Phi) is 4.75. The Morgan fingerprint density at radius 2 is 1.82 bits per heavy atom. The van der Waals surface area contributed by atoms with Gasteiger partial charge in [0, 0.05) is 17.5 Å². The maximum Gasteiger partial charge on any atom is 0.137 e. The number of halogens is 1. The number of hydrogen-bond donors (Lipinski definition) is 1. The van der Waals surface area contributed by atoms with Gasteiger partial charge in [-0.15, -0.1) is 0 Å². The molecule has 1 N–H and O–H groups in total. The summed E-state index contributed by atoms with van der Waals surface area (Å²) < 4.78 is 0. The van der Waals surface area contributed by atoms with Gasteiger partial charge >= 0.3 is 0 Å². The van der Waals surface area contributed by atoms with Crippen molar-refractivity contribution >= 4 is 17.4 Å². The summed E-state index contributed by atoms with van der Waals surface area (Å²) in [6.45, 7) is 10.6. The first kappa shape index (κ1) is 14.2. The molecule has 1 aromatic heterocycles. The van der Waals surface area contributed by atoms with Gasteiger partial charge in [-0.1, -0.05) is 46.2 Å². The lowest BCUT2D eigenvalue weighted by Gasteiger charge is -2.20. The van der Waals surface area contributed by atoms with Crippen molar-refractivity contribution < 1.29 is 0 Å². The molecule has 1 heterocycles. The van der Waals surface area contributed by atoms with Crippen LogP contribution >= 0.6 is 11.6 Å². The lowest BCUT2D eigenvalue weighted by Crippen LogP contribution is -2.21. The van der Waals surface area contributed by atoms with E-state index in [1.165, 1.54) is 0 Å². The van der Waals surface area contributed by atoms with Gasteiger partial charge < -0.3 is 5.32 Å². The number of hydrogen-bond acceptors (Lipinski definition) is 3. The summed E-state index contributed by atoms with van der Waals surface area (Å²) in [5.74, 6) is 1.60. The standard InChI is InChI=1S/C13H22ClN3/c1-6-9(7-2)15-11-8-10(14)16-12(17-11)13(3,4)5/h8-9H,6-7H2,1-5H3,(H,15,16,17). The second kappa shape index (κ2) is 5.67. The smallest absolute Gasteiger partial charge is 0.137 e. The van der Waals surface area contributed by atoms with Crippen molar-refractivity contribution in [2.75, 3.05) is 5.32 Å². The zero-order valence-corrected chi connectivity index (χ0v) is 12.1. The predicted molar refractivity (Wildman–Crippen MR) is 73.7 cm³/mol. The SMILES string of the molecule is CCC(CC)Nc1cc(Cl)nc(C(C)(C)C)n1. The van der Waals surface area contributed by atoms with E-state index in [9.17, 15) is 0 Å². The third-order valence-electron chi connectivity index (χ3n) is 2.70. The molecular weight excluding hydrogens is 234 g/mol. The molecule has 0 spiro atoms. The fraction of sp³-hybridized carbons (Fsp3) is 0.692. The van der Waals surface area contributed by atoms with Gasteiger partial charge in [-0.3, -0.25) is 0 Å². The summed E-state index contributed by atoms with van der Waals surface area (Å²) in [6.07, 6.45) is 2.14. The van der Waals surface area contributed by atoms with Crippen molar-refractivity contribution in [2.24, 2.45) is 0 Å². The van der Waals surface area contributed by atoms with Crippen molar-refractivity contribution in [1.82, 2.24) is 9.97 Å². The molecular formula is C13H22ClN3. The summed E-state index contributed by atoms with van der Waals surface area (Å²) in [4.78, 5) is 8.81. The maximum atomic E-state index is 6.03. The Balaban J connectivity index is 2.97. The number of anilines is 1. The van der Waals surface area contributed by atoms with Crippen LogP contribution < -0.4 is 5.32 Å². The van der Waals surface area contributed by atoms with E-state index in [1.54, 1.807) is 6.07 Å². The average Bonchev–Trinajstić information content (AvgIpc) is 2.24. The first-order valence-corrected chi connectivity index (χ1v) is 6.56. The highest BCUT2D eigenvalue weighted by atomic mass is 35.5. The van der Waals surface area contributed by atoms with Crippen LogP contribution in [0.5, 0.6) is 0 Å². The Hall–Kier alpha value is -0.830. The molecule has 96 valence electrons. The van der Waals surface area contributed by atoms with Gasteiger partial charge in [0.15, 0.2) is 0 Å². The molecule has 1 rings (SSSR count). The molecule has 0 aliphatic rings. The molecule has 0 aliphatic heterocycles. The summed E-state index contributed by atoms with van der Waals surface area (Å²) in [6, 6.07) is 2.23. The number of rotatable bonds is 4. The highest BCUT2D eigenvalue weighted by Crippen LogP contribution is 2.22. The summed E-state index contributed by atoms with van der Waals surface area (Å²) in [5.41, 5.74) is -0.0880. The fourth-order valence-electron chi connectivity index (χ4n) is 1.53. The molecule has 0 amide bonds. The van der Waals surface area contributed by atoms with Gasteiger partial charge in [0.2, 0.25) is 0 Å². The summed E-state index contributed by atoms with van der Waals surface area (Å²) in [5, 5.41) is 3.89. The van der Waals surface area contributed by atoms with Crippen LogP contribution in [0.2, 0.25) is 5.15 Å². The molecule has 0 bridgehead atoms. The zero-order chi connectivity index (χ0) is 13.1. The Morgan fingerprint density at radius 3 is 2.29 bits per heavy atom. The number of nitrogens with one attached hydrogen (secondary N) is 1. The largest absolute Gasteiger partial charge is 0.367 e. The molecule has 3 nitrogen and oxygen atoms in total. The molecule has 0 saturated heterocycles. The van der Waals surface area contributed by atoms with Crippen LogP contribution in [0.15, 0.2) is 6.07 Å². The van der Waals surface area contributed by atoms with E-state index in [2.05, 4.69) is 49.9 Å². The van der Waals surface area contributed by atoms with Crippen molar-refractivity contribution in [3.8, 4) is 0 Å². The minimum Gasteiger partial charge on any atom is -0.367 e. The van der Waals surface area contributed by atoms with E-state index < -0.39 is 0 Å². The molecule has 0 saturated carbocycles. The van der Waals surface area contributed by atoms with Gasteiger partial charge in [-0.25, -0.2) is 9.97 Å². The third kappa shape index (κ3) is 4.15. The van der Waals surface area contributed by atoms with Gasteiger partial charge in [0.25, 0.3) is 0 Å². The van der Waals surface area contributed by atoms with Gasteiger partial charge in [-0.2, -0.15) is 0 Å². The minimum atomic E-state index is -0.0880. The molecule has 0 radical (unpaired) electrons. The number of nitrogens with zero attached hydrogens (tertiary/aromatic N) is 2.